The Bertz CT molecular complexity index is 1060. The lowest BCUT2D eigenvalue weighted by Gasteiger charge is -2.19. The van der Waals surface area contributed by atoms with Crippen LogP contribution in [0.3, 0.4) is 0 Å². The van der Waals surface area contributed by atoms with E-state index in [1.807, 2.05) is 18.2 Å². The van der Waals surface area contributed by atoms with Crippen molar-refractivity contribution in [2.75, 3.05) is 6.54 Å². The fourth-order valence-electron chi connectivity index (χ4n) is 3.97. The van der Waals surface area contributed by atoms with Crippen molar-refractivity contribution in [2.24, 2.45) is 0 Å². The first-order valence-corrected chi connectivity index (χ1v) is 10.5. The number of carbonyl (C=O) groups excluding carboxylic acids is 1. The Labute approximate surface area is 178 Å². The van der Waals surface area contributed by atoms with E-state index < -0.39 is 0 Å². The minimum atomic E-state index is -0.321. The third-order valence-electron chi connectivity index (χ3n) is 5.75. The Balaban J connectivity index is 1.65. The van der Waals surface area contributed by atoms with Gasteiger partial charge in [0.15, 0.2) is 6.10 Å². The van der Waals surface area contributed by atoms with E-state index in [-0.39, 0.29) is 12.2 Å². The predicted octanol–water partition coefficient (Wildman–Crippen LogP) is 6.18. The maximum absolute atomic E-state index is 12.6. The molecule has 1 unspecified atom stereocenters. The van der Waals surface area contributed by atoms with Crippen LogP contribution in [0.25, 0.3) is 11.1 Å². The highest BCUT2D eigenvalue weighted by molar-refractivity contribution is 5.74. The Kier molecular flexibility index (Phi) is 5.58. The third-order valence-corrected chi connectivity index (χ3v) is 5.75. The number of hydrogen-bond donors (Lipinski definition) is 0. The molecule has 2 aromatic carbocycles. The number of rotatable bonds is 5. The molecular weight excluding hydrogens is 372 g/mol. The highest BCUT2D eigenvalue weighted by Crippen LogP contribution is 2.33. The van der Waals surface area contributed by atoms with Gasteiger partial charge in [-0.2, -0.15) is 0 Å². The molecule has 0 radical (unpaired) electrons. The fraction of sp³-hybridized carbons (Fsp3) is 0.308. The van der Waals surface area contributed by atoms with Gasteiger partial charge >= 0.3 is 6.09 Å². The van der Waals surface area contributed by atoms with Gasteiger partial charge in [0.25, 0.3) is 0 Å². The van der Waals surface area contributed by atoms with E-state index in [2.05, 4.69) is 69.1 Å². The first kappa shape index (κ1) is 20.1. The first-order valence-electron chi connectivity index (χ1n) is 10.5. The lowest BCUT2D eigenvalue weighted by Crippen LogP contribution is -2.24. The van der Waals surface area contributed by atoms with Crippen LogP contribution < -0.4 is 0 Å². The third kappa shape index (κ3) is 4.09. The second kappa shape index (κ2) is 8.31. The van der Waals surface area contributed by atoms with Crippen LogP contribution >= 0.6 is 0 Å². The number of amides is 1. The number of carbonyl (C=O) groups is 1. The summed E-state index contributed by atoms with van der Waals surface area (Å²) in [7, 11) is 0. The first-order chi connectivity index (χ1) is 14.4. The molecule has 4 rings (SSSR count). The summed E-state index contributed by atoms with van der Waals surface area (Å²) in [5.41, 5.74) is 8.06. The molecule has 0 bridgehead atoms. The van der Waals surface area contributed by atoms with Crippen molar-refractivity contribution >= 4 is 6.09 Å². The summed E-state index contributed by atoms with van der Waals surface area (Å²) in [6, 6.07) is 18.9. The molecular formula is C26H28N2O2. The molecule has 3 aromatic rings. The van der Waals surface area contributed by atoms with Gasteiger partial charge in [0, 0.05) is 12.7 Å². The van der Waals surface area contributed by atoms with Gasteiger partial charge in [-0.1, -0.05) is 61.9 Å². The van der Waals surface area contributed by atoms with Crippen LogP contribution in [0, 0.1) is 13.8 Å². The van der Waals surface area contributed by atoms with Crippen LogP contribution in [0.5, 0.6) is 0 Å². The van der Waals surface area contributed by atoms with Gasteiger partial charge in [0.2, 0.25) is 0 Å². The molecule has 1 saturated heterocycles. The van der Waals surface area contributed by atoms with Crippen molar-refractivity contribution < 1.29 is 9.53 Å². The molecule has 1 amide bonds. The van der Waals surface area contributed by atoms with Crippen molar-refractivity contribution in [3.05, 3.63) is 88.7 Å². The minimum absolute atomic E-state index is 0.286. The molecule has 2 heterocycles. The van der Waals surface area contributed by atoms with Gasteiger partial charge in [-0.25, -0.2) is 4.79 Å². The van der Waals surface area contributed by atoms with E-state index in [4.69, 9.17) is 4.74 Å². The summed E-state index contributed by atoms with van der Waals surface area (Å²) in [6.07, 6.45) is 1.12. The number of hydrogen-bond acceptors (Lipinski definition) is 3. The monoisotopic (exact) mass is 400 g/mol. The molecule has 4 heteroatoms. The number of nitrogens with zero attached hydrogens (tertiary/aromatic N) is 2. The molecule has 4 nitrogen and oxygen atoms in total. The number of benzene rings is 2. The van der Waals surface area contributed by atoms with E-state index in [1.165, 1.54) is 27.8 Å². The van der Waals surface area contributed by atoms with E-state index in [0.29, 0.717) is 19.0 Å². The molecule has 1 fully saturated rings. The summed E-state index contributed by atoms with van der Waals surface area (Å²) in [6.45, 7) is 9.68. The zero-order chi connectivity index (χ0) is 21.3. The maximum atomic E-state index is 12.6. The number of aromatic nitrogens is 1. The Morgan fingerprint density at radius 1 is 1.07 bits per heavy atom. The average Bonchev–Trinajstić information content (AvgIpc) is 3.10. The standard InChI is InChI=1S/C26H28N2O2/c1-17(2)20-10-9-19(4)23(14-20)22-11-8-18(3)13-21(22)15-28-16-25(30-26(28)29)24-7-5-6-12-27-24/h5-14,17,25H,15-16H2,1-4H3. The van der Waals surface area contributed by atoms with Crippen LogP contribution in [0.1, 0.15) is 53.8 Å². The van der Waals surface area contributed by atoms with E-state index >= 15 is 0 Å². The highest BCUT2D eigenvalue weighted by atomic mass is 16.6. The summed E-state index contributed by atoms with van der Waals surface area (Å²) in [5.74, 6) is 0.464. The Morgan fingerprint density at radius 3 is 2.63 bits per heavy atom. The fourth-order valence-corrected chi connectivity index (χ4v) is 3.97. The van der Waals surface area contributed by atoms with Crippen LogP contribution in [0.15, 0.2) is 60.8 Å². The minimum Gasteiger partial charge on any atom is -0.438 e. The van der Waals surface area contributed by atoms with Crippen molar-refractivity contribution in [2.45, 2.75) is 46.3 Å². The van der Waals surface area contributed by atoms with E-state index in [0.717, 1.165) is 11.3 Å². The number of aryl methyl sites for hydroxylation is 2. The molecule has 0 saturated carbocycles. The van der Waals surface area contributed by atoms with Gasteiger partial charge in [0.05, 0.1) is 12.2 Å². The summed E-state index contributed by atoms with van der Waals surface area (Å²) in [4.78, 5) is 18.7. The molecule has 0 aliphatic carbocycles. The zero-order valence-electron chi connectivity index (χ0n) is 18.1. The summed E-state index contributed by atoms with van der Waals surface area (Å²) < 4.78 is 5.61. The average molecular weight is 401 g/mol. The summed E-state index contributed by atoms with van der Waals surface area (Å²) in [5, 5.41) is 0. The topological polar surface area (TPSA) is 42.4 Å². The van der Waals surface area contributed by atoms with Crippen molar-refractivity contribution in [1.29, 1.82) is 0 Å². The predicted molar refractivity (Wildman–Crippen MR) is 119 cm³/mol. The molecule has 1 aliphatic heterocycles. The Hall–Kier alpha value is -3.14. The smallest absolute Gasteiger partial charge is 0.410 e. The quantitative estimate of drug-likeness (QED) is 0.513. The molecule has 154 valence electrons. The molecule has 1 aromatic heterocycles. The normalized spacial score (nSPS) is 16.2. The molecule has 1 atom stereocenters. The molecule has 1 aliphatic rings. The SMILES string of the molecule is Cc1ccc(-c2cc(C(C)C)ccc2C)c(CN2CC(c3ccccn3)OC2=O)c1. The lowest BCUT2D eigenvalue weighted by atomic mass is 9.90. The van der Waals surface area contributed by atoms with Crippen LogP contribution in [-0.4, -0.2) is 22.5 Å². The Morgan fingerprint density at radius 2 is 1.90 bits per heavy atom. The van der Waals surface area contributed by atoms with Crippen LogP contribution in [0.2, 0.25) is 0 Å². The van der Waals surface area contributed by atoms with Gasteiger partial charge in [-0.05, 0) is 59.7 Å². The molecule has 0 N–H and O–H groups in total. The molecule has 30 heavy (non-hydrogen) atoms. The van der Waals surface area contributed by atoms with Crippen molar-refractivity contribution in [3.8, 4) is 11.1 Å². The highest BCUT2D eigenvalue weighted by Gasteiger charge is 2.33. The van der Waals surface area contributed by atoms with Crippen LogP contribution in [0.4, 0.5) is 4.79 Å². The number of cyclic esters (lactones) is 1. The van der Waals surface area contributed by atoms with E-state index in [9.17, 15) is 4.79 Å². The summed E-state index contributed by atoms with van der Waals surface area (Å²) >= 11 is 0. The number of pyridine rings is 1. The van der Waals surface area contributed by atoms with Crippen molar-refractivity contribution in [3.63, 3.8) is 0 Å². The van der Waals surface area contributed by atoms with Gasteiger partial charge in [0.1, 0.15) is 0 Å². The zero-order valence-corrected chi connectivity index (χ0v) is 18.1. The molecule has 0 spiro atoms. The largest absolute Gasteiger partial charge is 0.438 e. The van der Waals surface area contributed by atoms with Crippen molar-refractivity contribution in [1.82, 2.24) is 9.88 Å². The second-order valence-electron chi connectivity index (χ2n) is 8.40. The van der Waals surface area contributed by atoms with Gasteiger partial charge in [-0.15, -0.1) is 0 Å². The van der Waals surface area contributed by atoms with E-state index in [1.54, 1.807) is 11.1 Å². The van der Waals surface area contributed by atoms with Gasteiger partial charge in [-0.3, -0.25) is 9.88 Å². The number of ether oxygens (including phenoxy) is 1. The van der Waals surface area contributed by atoms with Crippen LogP contribution in [-0.2, 0) is 11.3 Å². The second-order valence-corrected chi connectivity index (χ2v) is 8.40. The van der Waals surface area contributed by atoms with Gasteiger partial charge < -0.3 is 4.74 Å². The maximum Gasteiger partial charge on any atom is 0.410 e. The lowest BCUT2D eigenvalue weighted by molar-refractivity contribution is 0.130.